The molecule has 0 heterocycles. The van der Waals surface area contributed by atoms with Gasteiger partial charge in [-0.25, -0.2) is 0 Å². The van der Waals surface area contributed by atoms with Crippen LogP contribution in [0.25, 0.3) is 0 Å². The fraction of sp³-hybridized carbons (Fsp3) is 0.500. The van der Waals surface area contributed by atoms with Crippen molar-refractivity contribution in [2.45, 2.75) is 38.8 Å². The minimum Gasteiger partial charge on any atom is -0.490 e. The predicted molar refractivity (Wildman–Crippen MR) is 75.8 cm³/mol. The first-order valence-electron chi connectivity index (χ1n) is 6.85. The summed E-state index contributed by atoms with van der Waals surface area (Å²) < 4.78 is 5.46. The molecule has 98 valence electrons. The van der Waals surface area contributed by atoms with Crippen molar-refractivity contribution in [3.8, 4) is 5.75 Å². The Morgan fingerprint density at radius 1 is 1.39 bits per heavy atom. The zero-order chi connectivity index (χ0) is 12.8. The zero-order valence-electron chi connectivity index (χ0n) is 11.2. The third kappa shape index (κ3) is 3.61. The van der Waals surface area contributed by atoms with Gasteiger partial charge in [-0.3, -0.25) is 0 Å². The Morgan fingerprint density at radius 2 is 2.11 bits per heavy atom. The van der Waals surface area contributed by atoms with Crippen molar-refractivity contribution < 1.29 is 4.74 Å². The van der Waals surface area contributed by atoms with Gasteiger partial charge in [0.05, 0.1) is 0 Å². The molecule has 0 aromatic heterocycles. The molecular formula is C16H23NO. The molecule has 1 atom stereocenters. The summed E-state index contributed by atoms with van der Waals surface area (Å²) in [5.41, 5.74) is 1.31. The molecular weight excluding hydrogens is 222 g/mol. The normalized spacial score (nSPS) is 16.9. The fourth-order valence-corrected chi connectivity index (χ4v) is 2.24. The number of ether oxygens (including phenoxy) is 1. The van der Waals surface area contributed by atoms with Crippen LogP contribution < -0.4 is 10.1 Å². The standard InChI is InChI=1S/C16H23NO/c1-3-11-18-16-9-7-14(8-10-16)12-17-13(2)15-5-4-6-15/h3,7-10,13,15,17H,1,4-6,11-12H2,2H3. The summed E-state index contributed by atoms with van der Waals surface area (Å²) in [5.74, 6) is 1.80. The molecule has 2 heteroatoms. The van der Waals surface area contributed by atoms with E-state index in [9.17, 15) is 0 Å². The Labute approximate surface area is 110 Å². The Bertz CT molecular complexity index is 367. The van der Waals surface area contributed by atoms with Crippen LogP contribution in [0.5, 0.6) is 5.75 Å². The van der Waals surface area contributed by atoms with Gasteiger partial charge in [0.2, 0.25) is 0 Å². The van der Waals surface area contributed by atoms with E-state index in [1.54, 1.807) is 6.08 Å². The maximum absolute atomic E-state index is 5.46. The first-order chi connectivity index (χ1) is 8.79. The molecule has 18 heavy (non-hydrogen) atoms. The van der Waals surface area contributed by atoms with E-state index in [1.165, 1.54) is 24.8 Å². The zero-order valence-corrected chi connectivity index (χ0v) is 11.2. The summed E-state index contributed by atoms with van der Waals surface area (Å²) in [6.45, 7) is 7.44. The predicted octanol–water partition coefficient (Wildman–Crippen LogP) is 3.53. The van der Waals surface area contributed by atoms with E-state index in [4.69, 9.17) is 4.74 Å². The summed E-state index contributed by atoms with van der Waals surface area (Å²) in [4.78, 5) is 0. The van der Waals surface area contributed by atoms with Crippen LogP contribution in [0.2, 0.25) is 0 Å². The quantitative estimate of drug-likeness (QED) is 0.742. The van der Waals surface area contributed by atoms with Gasteiger partial charge in [0.1, 0.15) is 12.4 Å². The van der Waals surface area contributed by atoms with Crippen LogP contribution in [0.1, 0.15) is 31.7 Å². The van der Waals surface area contributed by atoms with Gasteiger partial charge < -0.3 is 10.1 Å². The lowest BCUT2D eigenvalue weighted by molar-refractivity contribution is 0.240. The van der Waals surface area contributed by atoms with Crippen LogP contribution in [0, 0.1) is 5.92 Å². The Morgan fingerprint density at radius 3 is 2.67 bits per heavy atom. The molecule has 1 aromatic carbocycles. The van der Waals surface area contributed by atoms with Gasteiger partial charge in [-0.2, -0.15) is 0 Å². The maximum Gasteiger partial charge on any atom is 0.119 e. The first-order valence-corrected chi connectivity index (χ1v) is 6.85. The van der Waals surface area contributed by atoms with E-state index in [-0.39, 0.29) is 0 Å². The fourth-order valence-electron chi connectivity index (χ4n) is 2.24. The smallest absolute Gasteiger partial charge is 0.119 e. The summed E-state index contributed by atoms with van der Waals surface area (Å²) in [5, 5.41) is 3.61. The van der Waals surface area contributed by atoms with Crippen LogP contribution in [0.4, 0.5) is 0 Å². The second-order valence-corrected chi connectivity index (χ2v) is 5.10. The van der Waals surface area contributed by atoms with E-state index in [1.807, 2.05) is 12.1 Å². The van der Waals surface area contributed by atoms with Gasteiger partial charge in [0, 0.05) is 12.6 Å². The topological polar surface area (TPSA) is 21.3 Å². The van der Waals surface area contributed by atoms with Crippen molar-refractivity contribution in [3.63, 3.8) is 0 Å². The monoisotopic (exact) mass is 245 g/mol. The van der Waals surface area contributed by atoms with Crippen molar-refractivity contribution in [1.82, 2.24) is 5.32 Å². The molecule has 2 rings (SSSR count). The molecule has 0 bridgehead atoms. The summed E-state index contributed by atoms with van der Waals surface area (Å²) in [6, 6.07) is 8.93. The van der Waals surface area contributed by atoms with Crippen LogP contribution in [0.15, 0.2) is 36.9 Å². The van der Waals surface area contributed by atoms with E-state index in [0.717, 1.165) is 18.2 Å². The molecule has 0 radical (unpaired) electrons. The number of benzene rings is 1. The third-order valence-corrected chi connectivity index (χ3v) is 3.78. The minimum atomic E-state index is 0.566. The highest BCUT2D eigenvalue weighted by Crippen LogP contribution is 2.29. The molecule has 1 aromatic rings. The average molecular weight is 245 g/mol. The highest BCUT2D eigenvalue weighted by Gasteiger charge is 2.23. The van der Waals surface area contributed by atoms with Crippen molar-refractivity contribution in [3.05, 3.63) is 42.5 Å². The maximum atomic E-state index is 5.46. The van der Waals surface area contributed by atoms with Gasteiger partial charge >= 0.3 is 0 Å². The van der Waals surface area contributed by atoms with Crippen LogP contribution in [0.3, 0.4) is 0 Å². The number of hydrogen-bond donors (Lipinski definition) is 1. The molecule has 0 saturated heterocycles. The Kier molecular flexibility index (Phi) is 4.82. The molecule has 1 aliphatic rings. The summed E-state index contributed by atoms with van der Waals surface area (Å²) >= 11 is 0. The van der Waals surface area contributed by atoms with Crippen LogP contribution >= 0.6 is 0 Å². The van der Waals surface area contributed by atoms with Gasteiger partial charge in [0.15, 0.2) is 0 Å². The second-order valence-electron chi connectivity index (χ2n) is 5.10. The van der Waals surface area contributed by atoms with E-state index < -0.39 is 0 Å². The van der Waals surface area contributed by atoms with Gasteiger partial charge in [-0.1, -0.05) is 31.2 Å². The SMILES string of the molecule is C=CCOc1ccc(CNC(C)C2CCC2)cc1. The molecule has 1 fully saturated rings. The number of nitrogens with one attached hydrogen (secondary N) is 1. The summed E-state index contributed by atoms with van der Waals surface area (Å²) in [7, 11) is 0. The molecule has 1 N–H and O–H groups in total. The Hall–Kier alpha value is -1.28. The lowest BCUT2D eigenvalue weighted by Gasteiger charge is -2.32. The molecule has 1 unspecified atom stereocenters. The van der Waals surface area contributed by atoms with Gasteiger partial charge in [-0.15, -0.1) is 0 Å². The largest absolute Gasteiger partial charge is 0.490 e. The van der Waals surface area contributed by atoms with Crippen molar-refractivity contribution >= 4 is 0 Å². The first kappa shape index (κ1) is 13.2. The second kappa shape index (κ2) is 6.60. The van der Waals surface area contributed by atoms with Crippen molar-refractivity contribution in [1.29, 1.82) is 0 Å². The highest BCUT2D eigenvalue weighted by atomic mass is 16.5. The minimum absolute atomic E-state index is 0.566. The number of hydrogen-bond acceptors (Lipinski definition) is 2. The third-order valence-electron chi connectivity index (χ3n) is 3.78. The van der Waals surface area contributed by atoms with Crippen LogP contribution in [-0.2, 0) is 6.54 Å². The molecule has 1 saturated carbocycles. The van der Waals surface area contributed by atoms with E-state index in [2.05, 4.69) is 31.0 Å². The van der Waals surface area contributed by atoms with Crippen molar-refractivity contribution in [2.24, 2.45) is 5.92 Å². The van der Waals surface area contributed by atoms with Gasteiger partial charge in [0.25, 0.3) is 0 Å². The highest BCUT2D eigenvalue weighted by molar-refractivity contribution is 5.27. The van der Waals surface area contributed by atoms with E-state index >= 15 is 0 Å². The molecule has 0 spiro atoms. The molecule has 0 aliphatic heterocycles. The lowest BCUT2D eigenvalue weighted by atomic mass is 9.80. The average Bonchev–Trinajstić information content (AvgIpc) is 2.33. The Balaban J connectivity index is 1.76. The lowest BCUT2D eigenvalue weighted by Crippen LogP contribution is -2.36. The van der Waals surface area contributed by atoms with E-state index in [0.29, 0.717) is 12.6 Å². The summed E-state index contributed by atoms with van der Waals surface area (Å²) in [6.07, 6.45) is 5.95. The number of rotatable bonds is 7. The molecule has 1 aliphatic carbocycles. The molecule has 2 nitrogen and oxygen atoms in total. The van der Waals surface area contributed by atoms with Crippen molar-refractivity contribution in [2.75, 3.05) is 6.61 Å². The van der Waals surface area contributed by atoms with Crippen LogP contribution in [-0.4, -0.2) is 12.6 Å². The van der Waals surface area contributed by atoms with Gasteiger partial charge in [-0.05, 0) is 43.4 Å². The molecule has 0 amide bonds.